The molecule has 0 saturated heterocycles. The van der Waals surface area contributed by atoms with Crippen molar-refractivity contribution in [2.24, 2.45) is 11.8 Å². The molecule has 1 aliphatic rings. The minimum Gasteiger partial charge on any atom is -0.393 e. The SMILES string of the molecule is CC(O)CCCNC(=O)C1CCCC1C. The van der Waals surface area contributed by atoms with Crippen LogP contribution < -0.4 is 5.32 Å². The highest BCUT2D eigenvalue weighted by molar-refractivity contribution is 5.79. The van der Waals surface area contributed by atoms with Gasteiger partial charge in [0.1, 0.15) is 0 Å². The van der Waals surface area contributed by atoms with Crippen LogP contribution in [0.3, 0.4) is 0 Å². The topological polar surface area (TPSA) is 49.3 Å². The second-order valence-electron chi connectivity index (χ2n) is 4.80. The first kappa shape index (κ1) is 12.5. The smallest absolute Gasteiger partial charge is 0.223 e. The van der Waals surface area contributed by atoms with Crippen molar-refractivity contribution in [3.8, 4) is 0 Å². The Morgan fingerprint density at radius 2 is 2.27 bits per heavy atom. The van der Waals surface area contributed by atoms with Crippen molar-refractivity contribution in [2.45, 2.75) is 52.1 Å². The lowest BCUT2D eigenvalue weighted by atomic mass is 9.97. The molecule has 0 heterocycles. The van der Waals surface area contributed by atoms with Gasteiger partial charge in [0.15, 0.2) is 0 Å². The Hall–Kier alpha value is -0.570. The largest absolute Gasteiger partial charge is 0.393 e. The number of aliphatic hydroxyl groups excluding tert-OH is 1. The standard InChI is InChI=1S/C12H23NO2/c1-9-5-3-7-11(9)12(15)13-8-4-6-10(2)14/h9-11,14H,3-8H2,1-2H3,(H,13,15). The Morgan fingerprint density at radius 3 is 2.80 bits per heavy atom. The fourth-order valence-corrected chi connectivity index (χ4v) is 2.28. The number of amides is 1. The maximum absolute atomic E-state index is 11.7. The van der Waals surface area contributed by atoms with Gasteiger partial charge < -0.3 is 10.4 Å². The molecule has 0 spiro atoms. The van der Waals surface area contributed by atoms with Crippen molar-refractivity contribution in [1.82, 2.24) is 5.32 Å². The number of hydrogen-bond acceptors (Lipinski definition) is 2. The predicted octanol–water partition coefficient (Wildman–Crippen LogP) is 1.70. The van der Waals surface area contributed by atoms with Gasteiger partial charge in [0.2, 0.25) is 5.91 Å². The normalized spacial score (nSPS) is 27.7. The van der Waals surface area contributed by atoms with E-state index in [1.807, 2.05) is 0 Å². The maximum Gasteiger partial charge on any atom is 0.223 e. The Labute approximate surface area is 92.3 Å². The Morgan fingerprint density at radius 1 is 1.53 bits per heavy atom. The lowest BCUT2D eigenvalue weighted by Crippen LogP contribution is -2.32. The number of aliphatic hydroxyl groups is 1. The Kier molecular flexibility index (Phi) is 5.09. The van der Waals surface area contributed by atoms with E-state index >= 15 is 0 Å². The third-order valence-electron chi connectivity index (χ3n) is 3.30. The monoisotopic (exact) mass is 213 g/mol. The molecule has 1 saturated carbocycles. The summed E-state index contributed by atoms with van der Waals surface area (Å²) in [5.41, 5.74) is 0. The van der Waals surface area contributed by atoms with Crippen LogP contribution in [0, 0.1) is 11.8 Å². The van der Waals surface area contributed by atoms with Crippen LogP contribution in [0.1, 0.15) is 46.0 Å². The first-order valence-electron chi connectivity index (χ1n) is 6.07. The molecular weight excluding hydrogens is 190 g/mol. The lowest BCUT2D eigenvalue weighted by Gasteiger charge is -2.15. The van der Waals surface area contributed by atoms with Gasteiger partial charge in [-0.1, -0.05) is 13.3 Å². The molecule has 1 fully saturated rings. The number of hydrogen-bond donors (Lipinski definition) is 2. The van der Waals surface area contributed by atoms with Crippen molar-refractivity contribution < 1.29 is 9.90 Å². The lowest BCUT2D eigenvalue weighted by molar-refractivity contribution is -0.125. The van der Waals surface area contributed by atoms with Crippen molar-refractivity contribution in [1.29, 1.82) is 0 Å². The predicted molar refractivity (Wildman–Crippen MR) is 60.4 cm³/mol. The quantitative estimate of drug-likeness (QED) is 0.683. The zero-order valence-corrected chi connectivity index (χ0v) is 9.83. The summed E-state index contributed by atoms with van der Waals surface area (Å²) in [6.45, 7) is 4.64. The zero-order chi connectivity index (χ0) is 11.3. The molecule has 1 amide bonds. The number of nitrogens with one attached hydrogen (secondary N) is 1. The number of carbonyl (C=O) groups excluding carboxylic acids is 1. The van der Waals surface area contributed by atoms with E-state index in [1.54, 1.807) is 6.92 Å². The van der Waals surface area contributed by atoms with Gasteiger partial charge in [-0.15, -0.1) is 0 Å². The molecule has 2 N–H and O–H groups in total. The Bertz CT molecular complexity index is 204. The molecule has 0 radical (unpaired) electrons. The number of carbonyl (C=O) groups is 1. The molecule has 0 bridgehead atoms. The van der Waals surface area contributed by atoms with E-state index in [4.69, 9.17) is 5.11 Å². The summed E-state index contributed by atoms with van der Waals surface area (Å²) in [6.07, 6.45) is 4.79. The fourth-order valence-electron chi connectivity index (χ4n) is 2.28. The summed E-state index contributed by atoms with van der Waals surface area (Å²) >= 11 is 0. The molecule has 0 aromatic rings. The van der Waals surface area contributed by atoms with E-state index in [0.29, 0.717) is 12.5 Å². The summed E-state index contributed by atoms with van der Waals surface area (Å²) < 4.78 is 0. The maximum atomic E-state index is 11.7. The molecular formula is C12H23NO2. The van der Waals surface area contributed by atoms with Crippen LogP contribution in [-0.4, -0.2) is 23.7 Å². The van der Waals surface area contributed by atoms with Crippen LogP contribution in [0.15, 0.2) is 0 Å². The highest BCUT2D eigenvalue weighted by atomic mass is 16.3. The molecule has 3 unspecified atom stereocenters. The highest BCUT2D eigenvalue weighted by Gasteiger charge is 2.29. The molecule has 15 heavy (non-hydrogen) atoms. The molecule has 0 aliphatic heterocycles. The summed E-state index contributed by atoms with van der Waals surface area (Å²) in [6, 6.07) is 0. The minimum absolute atomic E-state index is 0.214. The van der Waals surface area contributed by atoms with Gasteiger partial charge in [0.05, 0.1) is 6.10 Å². The first-order valence-corrected chi connectivity index (χ1v) is 6.07. The van der Waals surface area contributed by atoms with E-state index in [2.05, 4.69) is 12.2 Å². The minimum atomic E-state index is -0.257. The van der Waals surface area contributed by atoms with Gasteiger partial charge in [-0.2, -0.15) is 0 Å². The zero-order valence-electron chi connectivity index (χ0n) is 9.83. The van der Waals surface area contributed by atoms with Gasteiger partial charge in [-0.3, -0.25) is 4.79 Å². The van der Waals surface area contributed by atoms with Crippen LogP contribution in [0.5, 0.6) is 0 Å². The summed E-state index contributed by atoms with van der Waals surface area (Å²) in [5.74, 6) is 0.990. The van der Waals surface area contributed by atoms with Crippen LogP contribution in [0.25, 0.3) is 0 Å². The van der Waals surface area contributed by atoms with E-state index < -0.39 is 0 Å². The summed E-state index contributed by atoms with van der Waals surface area (Å²) in [4.78, 5) is 11.7. The van der Waals surface area contributed by atoms with Crippen molar-refractivity contribution in [2.75, 3.05) is 6.54 Å². The van der Waals surface area contributed by atoms with E-state index in [0.717, 1.165) is 19.3 Å². The third-order valence-corrected chi connectivity index (χ3v) is 3.30. The second kappa shape index (κ2) is 6.11. The molecule has 88 valence electrons. The van der Waals surface area contributed by atoms with Crippen molar-refractivity contribution in [3.63, 3.8) is 0 Å². The van der Waals surface area contributed by atoms with E-state index in [1.165, 1.54) is 12.8 Å². The van der Waals surface area contributed by atoms with Crippen LogP contribution >= 0.6 is 0 Å². The molecule has 0 aromatic heterocycles. The molecule has 1 aliphatic carbocycles. The summed E-state index contributed by atoms with van der Waals surface area (Å²) in [7, 11) is 0. The average Bonchev–Trinajstić information content (AvgIpc) is 2.58. The molecule has 1 rings (SSSR count). The molecule has 0 aromatic carbocycles. The van der Waals surface area contributed by atoms with Gasteiger partial charge in [0.25, 0.3) is 0 Å². The van der Waals surface area contributed by atoms with Crippen LogP contribution in [0.2, 0.25) is 0 Å². The second-order valence-corrected chi connectivity index (χ2v) is 4.80. The molecule has 3 heteroatoms. The number of rotatable bonds is 5. The van der Waals surface area contributed by atoms with Crippen molar-refractivity contribution in [3.05, 3.63) is 0 Å². The highest BCUT2D eigenvalue weighted by Crippen LogP contribution is 2.31. The van der Waals surface area contributed by atoms with Gasteiger partial charge in [-0.25, -0.2) is 0 Å². The Balaban J connectivity index is 2.13. The van der Waals surface area contributed by atoms with Crippen LogP contribution in [-0.2, 0) is 4.79 Å². The fraction of sp³-hybridized carbons (Fsp3) is 0.917. The third kappa shape index (κ3) is 4.20. The molecule has 3 nitrogen and oxygen atoms in total. The van der Waals surface area contributed by atoms with E-state index in [-0.39, 0.29) is 17.9 Å². The van der Waals surface area contributed by atoms with Crippen LogP contribution in [0.4, 0.5) is 0 Å². The summed E-state index contributed by atoms with van der Waals surface area (Å²) in [5, 5.41) is 12.0. The first-order chi connectivity index (χ1) is 7.11. The van der Waals surface area contributed by atoms with Gasteiger partial charge in [-0.05, 0) is 38.5 Å². The van der Waals surface area contributed by atoms with Gasteiger partial charge in [0, 0.05) is 12.5 Å². The average molecular weight is 213 g/mol. The van der Waals surface area contributed by atoms with E-state index in [9.17, 15) is 4.79 Å². The van der Waals surface area contributed by atoms with Crippen molar-refractivity contribution >= 4 is 5.91 Å². The molecule has 3 atom stereocenters. The van der Waals surface area contributed by atoms with Gasteiger partial charge >= 0.3 is 0 Å².